The van der Waals surface area contributed by atoms with Crippen LogP contribution in [0.2, 0.25) is 0 Å². The van der Waals surface area contributed by atoms with Crippen molar-refractivity contribution in [3.8, 4) is 0 Å². The molecule has 0 unspecified atom stereocenters. The lowest BCUT2D eigenvalue weighted by molar-refractivity contribution is -0.137. The maximum absolute atomic E-state index is 13.1. The van der Waals surface area contributed by atoms with Gasteiger partial charge in [0.1, 0.15) is 10.6 Å². The Hall–Kier alpha value is -2.86. The van der Waals surface area contributed by atoms with Crippen LogP contribution in [-0.2, 0) is 21.0 Å². The highest BCUT2D eigenvalue weighted by Crippen LogP contribution is 2.30. The summed E-state index contributed by atoms with van der Waals surface area (Å²) < 4.78 is 65.7. The molecule has 2 fully saturated rings. The fourth-order valence-electron chi connectivity index (χ4n) is 4.25. The number of rotatable bonds is 5. The van der Waals surface area contributed by atoms with E-state index in [4.69, 9.17) is 0 Å². The van der Waals surface area contributed by atoms with Gasteiger partial charge in [0.2, 0.25) is 15.9 Å². The van der Waals surface area contributed by atoms with Crippen LogP contribution in [-0.4, -0.2) is 60.6 Å². The van der Waals surface area contributed by atoms with Gasteiger partial charge in [-0.3, -0.25) is 9.59 Å². The van der Waals surface area contributed by atoms with Gasteiger partial charge in [0.05, 0.1) is 11.5 Å². The third kappa shape index (κ3) is 5.12. The Balaban J connectivity index is 1.41. The summed E-state index contributed by atoms with van der Waals surface area (Å²) in [7, 11) is -3.93. The van der Waals surface area contributed by atoms with E-state index < -0.39 is 33.6 Å². The number of carbonyl (C=O) groups excluding carboxylic acids is 2. The van der Waals surface area contributed by atoms with Crippen LogP contribution in [0.3, 0.4) is 0 Å². The van der Waals surface area contributed by atoms with Gasteiger partial charge >= 0.3 is 6.18 Å². The molecule has 8 nitrogen and oxygen atoms in total. The number of amides is 2. The minimum Gasteiger partial charge on any atom is -0.356 e. The van der Waals surface area contributed by atoms with E-state index in [9.17, 15) is 31.2 Å². The number of alkyl halides is 3. The summed E-state index contributed by atoms with van der Waals surface area (Å²) in [5.41, 5.74) is -0.419. The molecule has 2 N–H and O–H groups in total. The van der Waals surface area contributed by atoms with E-state index in [0.29, 0.717) is 25.9 Å². The van der Waals surface area contributed by atoms with E-state index >= 15 is 0 Å². The van der Waals surface area contributed by atoms with Gasteiger partial charge in [-0.05, 0) is 56.0 Å². The van der Waals surface area contributed by atoms with Gasteiger partial charge in [-0.15, -0.1) is 0 Å². The third-order valence-corrected chi connectivity index (χ3v) is 8.00. The Kier molecular flexibility index (Phi) is 6.72. The number of halogens is 3. The molecule has 34 heavy (non-hydrogen) atoms. The summed E-state index contributed by atoms with van der Waals surface area (Å²) >= 11 is 0. The number of sulfonamides is 1. The average Bonchev–Trinajstić information content (AvgIpc) is 3.51. The molecule has 0 aliphatic carbocycles. The van der Waals surface area contributed by atoms with Crippen molar-refractivity contribution in [2.75, 3.05) is 31.5 Å². The number of likely N-dealkylation sites (tertiary alicyclic amines) is 1. The number of nitrogens with zero attached hydrogens (tertiary/aromatic N) is 2. The number of aromatic amines is 1. The lowest BCUT2D eigenvalue weighted by Crippen LogP contribution is -2.43. The van der Waals surface area contributed by atoms with E-state index in [1.807, 2.05) is 0 Å². The van der Waals surface area contributed by atoms with Gasteiger partial charge in [0.25, 0.3) is 5.91 Å². The minimum atomic E-state index is -4.47. The highest BCUT2D eigenvalue weighted by molar-refractivity contribution is 7.89. The predicted molar refractivity (Wildman–Crippen MR) is 117 cm³/mol. The smallest absolute Gasteiger partial charge is 0.356 e. The van der Waals surface area contributed by atoms with Crippen LogP contribution in [0, 0.1) is 5.92 Å². The van der Waals surface area contributed by atoms with Crippen LogP contribution in [0.5, 0.6) is 0 Å². The second-order valence-corrected chi connectivity index (χ2v) is 10.5. The second-order valence-electron chi connectivity index (χ2n) is 8.51. The molecular formula is C22H25F3N4O4S. The molecule has 0 bridgehead atoms. The second kappa shape index (κ2) is 9.41. The van der Waals surface area contributed by atoms with E-state index in [1.54, 1.807) is 4.90 Å². The third-order valence-electron chi connectivity index (χ3n) is 6.15. The fraction of sp³-hybridized carbons (Fsp3) is 0.455. The van der Waals surface area contributed by atoms with Crippen molar-refractivity contribution in [2.45, 2.75) is 36.8 Å². The van der Waals surface area contributed by atoms with E-state index in [0.717, 1.165) is 37.1 Å². The van der Waals surface area contributed by atoms with Crippen molar-refractivity contribution in [3.05, 3.63) is 47.8 Å². The van der Waals surface area contributed by atoms with Crippen LogP contribution in [0.4, 0.5) is 18.9 Å². The zero-order valence-electron chi connectivity index (χ0n) is 18.3. The van der Waals surface area contributed by atoms with Crippen molar-refractivity contribution in [3.63, 3.8) is 0 Å². The Morgan fingerprint density at radius 3 is 2.35 bits per heavy atom. The molecule has 3 heterocycles. The Morgan fingerprint density at radius 2 is 1.71 bits per heavy atom. The molecular weight excluding hydrogens is 473 g/mol. The van der Waals surface area contributed by atoms with E-state index in [1.165, 1.54) is 16.6 Å². The Morgan fingerprint density at radius 1 is 1.03 bits per heavy atom. The summed E-state index contributed by atoms with van der Waals surface area (Å²) in [6.07, 6.45) is -0.455. The quantitative estimate of drug-likeness (QED) is 0.660. The predicted octanol–water partition coefficient (Wildman–Crippen LogP) is 3.31. The molecule has 184 valence electrons. The Labute approximate surface area is 195 Å². The topological polar surface area (TPSA) is 103 Å². The lowest BCUT2D eigenvalue weighted by atomic mass is 9.98. The number of nitrogens with one attached hydrogen (secondary N) is 2. The van der Waals surface area contributed by atoms with Crippen LogP contribution in [0.15, 0.2) is 41.4 Å². The molecule has 2 saturated heterocycles. The summed E-state index contributed by atoms with van der Waals surface area (Å²) in [6, 6.07) is 5.40. The number of carbonyl (C=O) groups is 2. The van der Waals surface area contributed by atoms with Crippen molar-refractivity contribution in [1.29, 1.82) is 0 Å². The summed E-state index contributed by atoms with van der Waals surface area (Å²) in [5.74, 6) is -1.36. The van der Waals surface area contributed by atoms with Crippen molar-refractivity contribution < 1.29 is 31.2 Å². The summed E-state index contributed by atoms with van der Waals surface area (Å²) in [5, 5.41) is 2.57. The van der Waals surface area contributed by atoms with Crippen LogP contribution >= 0.6 is 0 Å². The molecule has 2 aromatic rings. The zero-order valence-corrected chi connectivity index (χ0v) is 19.1. The fourth-order valence-corrected chi connectivity index (χ4v) is 5.77. The van der Waals surface area contributed by atoms with Crippen LogP contribution in [0.1, 0.15) is 41.7 Å². The monoisotopic (exact) mass is 498 g/mol. The summed E-state index contributed by atoms with van der Waals surface area (Å²) in [4.78, 5) is 29.6. The van der Waals surface area contributed by atoms with Crippen molar-refractivity contribution in [1.82, 2.24) is 14.2 Å². The molecule has 1 aromatic heterocycles. The highest BCUT2D eigenvalue weighted by Gasteiger charge is 2.35. The van der Waals surface area contributed by atoms with Crippen molar-refractivity contribution >= 4 is 27.5 Å². The van der Waals surface area contributed by atoms with Gasteiger partial charge in [-0.1, -0.05) is 0 Å². The number of piperidine rings is 1. The number of H-pyrrole nitrogens is 1. The molecule has 0 saturated carbocycles. The molecule has 1 atom stereocenters. The molecule has 12 heteroatoms. The molecule has 4 rings (SSSR count). The maximum atomic E-state index is 13.1. The zero-order chi connectivity index (χ0) is 24.5. The van der Waals surface area contributed by atoms with E-state index in [2.05, 4.69) is 10.3 Å². The molecule has 2 aliphatic rings. The number of anilines is 1. The van der Waals surface area contributed by atoms with Gasteiger partial charge in [-0.25, -0.2) is 8.42 Å². The first-order chi connectivity index (χ1) is 16.1. The van der Waals surface area contributed by atoms with E-state index in [-0.39, 0.29) is 35.3 Å². The normalized spacial score (nSPS) is 19.9. The minimum absolute atomic E-state index is 0.0427. The highest BCUT2D eigenvalue weighted by atomic mass is 32.2. The first-order valence-electron chi connectivity index (χ1n) is 11.0. The van der Waals surface area contributed by atoms with Gasteiger partial charge in [-0.2, -0.15) is 17.5 Å². The number of hydrogen-bond acceptors (Lipinski definition) is 4. The largest absolute Gasteiger partial charge is 0.416 e. The van der Waals surface area contributed by atoms with Gasteiger partial charge in [0, 0.05) is 38.1 Å². The van der Waals surface area contributed by atoms with Gasteiger partial charge in [0.15, 0.2) is 0 Å². The molecule has 0 radical (unpaired) electrons. The molecule has 1 aromatic carbocycles. The molecule has 2 amide bonds. The average molecular weight is 499 g/mol. The number of benzene rings is 1. The lowest BCUT2D eigenvalue weighted by Gasteiger charge is -2.31. The summed E-state index contributed by atoms with van der Waals surface area (Å²) in [6.45, 7) is 1.45. The van der Waals surface area contributed by atoms with Crippen molar-refractivity contribution in [2.24, 2.45) is 5.92 Å². The number of hydrogen-bond donors (Lipinski definition) is 2. The molecule has 2 aliphatic heterocycles. The first-order valence-corrected chi connectivity index (χ1v) is 12.5. The van der Waals surface area contributed by atoms with Gasteiger partial charge < -0.3 is 15.2 Å². The first kappa shape index (κ1) is 24.3. The SMILES string of the molecule is O=C(Nc1ccc(C(F)(F)F)cc1)[C@H]1CCCN(S(=O)(=O)c2c[nH]c(C(=O)N3CCCC3)c2)C1. The molecule has 0 spiro atoms. The number of aromatic nitrogens is 1. The van der Waals surface area contributed by atoms with Crippen LogP contribution < -0.4 is 5.32 Å². The maximum Gasteiger partial charge on any atom is 0.416 e. The Bertz CT molecular complexity index is 1160. The van der Waals surface area contributed by atoms with Crippen LogP contribution in [0.25, 0.3) is 0 Å². The standard InChI is InChI=1S/C22H25F3N4O4S/c23-22(24,25)16-5-7-17(8-6-16)27-20(30)15-4-3-11-29(14-15)34(32,33)18-12-19(26-13-18)21(31)28-9-1-2-10-28/h5-8,12-13,15,26H,1-4,9-11,14H2,(H,27,30)/t15-/m0/s1.